The number of nitrogens with one attached hydrogen (secondary N) is 2. The molecule has 1 rings (SSSR count). The van der Waals surface area contributed by atoms with E-state index in [0.717, 1.165) is 5.75 Å². The molecule has 1 atom stereocenters. The fourth-order valence-electron chi connectivity index (χ4n) is 1.74. The Morgan fingerprint density at radius 1 is 1.23 bits per heavy atom. The van der Waals surface area contributed by atoms with Crippen LogP contribution >= 0.6 is 11.8 Å². The van der Waals surface area contributed by atoms with E-state index >= 15 is 0 Å². The SMILES string of the molecule is COC(=O)[C@@H](CCSC)NC(=O)Nc1ccc(C(C)=O)cc1. The monoisotopic (exact) mass is 324 g/mol. The number of rotatable bonds is 7. The molecule has 1 aromatic carbocycles. The predicted molar refractivity (Wildman–Crippen MR) is 87.4 cm³/mol. The Kier molecular flexibility index (Phi) is 7.45. The van der Waals surface area contributed by atoms with Gasteiger partial charge in [-0.05, 0) is 49.6 Å². The molecule has 0 aliphatic rings. The van der Waals surface area contributed by atoms with Crippen LogP contribution in [0.15, 0.2) is 24.3 Å². The van der Waals surface area contributed by atoms with E-state index in [-0.39, 0.29) is 5.78 Å². The molecule has 0 unspecified atom stereocenters. The van der Waals surface area contributed by atoms with Gasteiger partial charge in [0.2, 0.25) is 0 Å². The summed E-state index contributed by atoms with van der Waals surface area (Å²) in [5, 5.41) is 5.20. The van der Waals surface area contributed by atoms with Crippen LogP contribution < -0.4 is 10.6 Å². The molecule has 0 saturated carbocycles. The van der Waals surface area contributed by atoms with Gasteiger partial charge in [0.15, 0.2) is 5.78 Å². The number of hydrogen-bond acceptors (Lipinski definition) is 5. The molecule has 22 heavy (non-hydrogen) atoms. The van der Waals surface area contributed by atoms with Crippen LogP contribution in [0.25, 0.3) is 0 Å². The standard InChI is InChI=1S/C15H20N2O4S/c1-10(18)11-4-6-12(7-5-11)16-15(20)17-13(8-9-22-3)14(19)21-2/h4-7,13H,8-9H2,1-3H3,(H2,16,17,20)/t13-/m1/s1. The quantitative estimate of drug-likeness (QED) is 0.594. The molecule has 0 fully saturated rings. The third kappa shape index (κ3) is 5.77. The van der Waals surface area contributed by atoms with E-state index in [1.807, 2.05) is 6.26 Å². The number of urea groups is 1. The lowest BCUT2D eigenvalue weighted by Gasteiger charge is -2.16. The van der Waals surface area contributed by atoms with Crippen LogP contribution in [0.1, 0.15) is 23.7 Å². The third-order valence-electron chi connectivity index (χ3n) is 2.95. The number of carbonyl (C=O) groups excluding carboxylic acids is 3. The highest BCUT2D eigenvalue weighted by molar-refractivity contribution is 7.98. The maximum absolute atomic E-state index is 11.9. The molecule has 0 bridgehead atoms. The summed E-state index contributed by atoms with van der Waals surface area (Å²) in [6.45, 7) is 1.47. The highest BCUT2D eigenvalue weighted by Gasteiger charge is 2.20. The minimum absolute atomic E-state index is 0.0428. The van der Waals surface area contributed by atoms with E-state index < -0.39 is 18.0 Å². The van der Waals surface area contributed by atoms with Gasteiger partial charge in [-0.15, -0.1) is 0 Å². The van der Waals surface area contributed by atoms with Crippen molar-refractivity contribution in [3.05, 3.63) is 29.8 Å². The maximum Gasteiger partial charge on any atom is 0.328 e. The average molecular weight is 324 g/mol. The fraction of sp³-hybridized carbons (Fsp3) is 0.400. The zero-order chi connectivity index (χ0) is 16.5. The minimum Gasteiger partial charge on any atom is -0.467 e. The lowest BCUT2D eigenvalue weighted by atomic mass is 10.1. The molecule has 120 valence electrons. The molecule has 2 N–H and O–H groups in total. The van der Waals surface area contributed by atoms with E-state index in [4.69, 9.17) is 0 Å². The number of anilines is 1. The summed E-state index contributed by atoms with van der Waals surface area (Å²) in [6.07, 6.45) is 2.41. The topological polar surface area (TPSA) is 84.5 Å². The first-order valence-electron chi connectivity index (χ1n) is 6.73. The molecule has 0 saturated heterocycles. The number of ether oxygens (including phenoxy) is 1. The molecular formula is C15H20N2O4S. The zero-order valence-corrected chi connectivity index (χ0v) is 13.7. The van der Waals surface area contributed by atoms with Crippen LogP contribution in [0.2, 0.25) is 0 Å². The first-order chi connectivity index (χ1) is 10.5. The highest BCUT2D eigenvalue weighted by atomic mass is 32.2. The second kappa shape index (κ2) is 9.09. The second-order valence-corrected chi connectivity index (χ2v) is 5.57. The van der Waals surface area contributed by atoms with Crippen molar-refractivity contribution in [1.82, 2.24) is 5.32 Å². The number of esters is 1. The summed E-state index contributed by atoms with van der Waals surface area (Å²) >= 11 is 1.58. The highest BCUT2D eigenvalue weighted by Crippen LogP contribution is 2.10. The van der Waals surface area contributed by atoms with Crippen molar-refractivity contribution in [2.24, 2.45) is 0 Å². The van der Waals surface area contributed by atoms with Gasteiger partial charge >= 0.3 is 12.0 Å². The Morgan fingerprint density at radius 2 is 1.86 bits per heavy atom. The second-order valence-electron chi connectivity index (χ2n) is 4.59. The van der Waals surface area contributed by atoms with Crippen molar-refractivity contribution in [2.45, 2.75) is 19.4 Å². The van der Waals surface area contributed by atoms with E-state index in [0.29, 0.717) is 17.7 Å². The van der Waals surface area contributed by atoms with Crippen molar-refractivity contribution >= 4 is 35.2 Å². The van der Waals surface area contributed by atoms with Gasteiger partial charge < -0.3 is 15.4 Å². The van der Waals surface area contributed by atoms with Crippen molar-refractivity contribution in [3.8, 4) is 0 Å². The van der Waals surface area contributed by atoms with E-state index in [1.54, 1.807) is 36.0 Å². The van der Waals surface area contributed by atoms with Gasteiger partial charge in [0, 0.05) is 11.3 Å². The number of thioether (sulfide) groups is 1. The Balaban J connectivity index is 2.62. The van der Waals surface area contributed by atoms with Crippen LogP contribution in [0.4, 0.5) is 10.5 Å². The molecule has 7 heteroatoms. The summed E-state index contributed by atoms with van der Waals surface area (Å²) < 4.78 is 4.67. The van der Waals surface area contributed by atoms with Gasteiger partial charge in [-0.1, -0.05) is 0 Å². The van der Waals surface area contributed by atoms with Crippen LogP contribution in [0.5, 0.6) is 0 Å². The van der Waals surface area contributed by atoms with Crippen LogP contribution in [0.3, 0.4) is 0 Å². The first-order valence-corrected chi connectivity index (χ1v) is 8.12. The molecule has 0 aliphatic heterocycles. The van der Waals surface area contributed by atoms with Gasteiger partial charge in [-0.2, -0.15) is 11.8 Å². The molecule has 0 aliphatic carbocycles. The fourth-order valence-corrected chi connectivity index (χ4v) is 2.21. The third-order valence-corrected chi connectivity index (χ3v) is 3.59. The summed E-state index contributed by atoms with van der Waals surface area (Å²) in [6, 6.07) is 5.34. The zero-order valence-electron chi connectivity index (χ0n) is 12.8. The number of Topliss-reactive ketones (excluding diaryl/α,β-unsaturated/α-hetero) is 1. The number of benzene rings is 1. The van der Waals surface area contributed by atoms with Gasteiger partial charge in [0.25, 0.3) is 0 Å². The predicted octanol–water partition coefficient (Wildman–Crippen LogP) is 2.31. The van der Waals surface area contributed by atoms with Gasteiger partial charge in [0.1, 0.15) is 6.04 Å². The molecule has 0 radical (unpaired) electrons. The first kappa shape index (κ1) is 18.0. The molecule has 0 spiro atoms. The normalized spacial score (nSPS) is 11.4. The van der Waals surface area contributed by atoms with E-state index in [2.05, 4.69) is 15.4 Å². The van der Waals surface area contributed by atoms with E-state index in [9.17, 15) is 14.4 Å². The molecular weight excluding hydrogens is 304 g/mol. The molecule has 0 heterocycles. The summed E-state index contributed by atoms with van der Waals surface area (Å²) in [5.41, 5.74) is 1.11. The van der Waals surface area contributed by atoms with Gasteiger partial charge in [0.05, 0.1) is 7.11 Å². The molecule has 0 aromatic heterocycles. The number of amides is 2. The van der Waals surface area contributed by atoms with Crippen molar-refractivity contribution in [3.63, 3.8) is 0 Å². The Bertz CT molecular complexity index is 531. The van der Waals surface area contributed by atoms with Crippen molar-refractivity contribution in [2.75, 3.05) is 24.4 Å². The number of carbonyl (C=O) groups is 3. The minimum atomic E-state index is -0.686. The molecule has 2 amide bonds. The smallest absolute Gasteiger partial charge is 0.328 e. The average Bonchev–Trinajstić information content (AvgIpc) is 2.51. The van der Waals surface area contributed by atoms with Gasteiger partial charge in [-0.3, -0.25) is 4.79 Å². The summed E-state index contributed by atoms with van der Waals surface area (Å²) in [5.74, 6) is 0.211. The summed E-state index contributed by atoms with van der Waals surface area (Å²) in [4.78, 5) is 34.7. The van der Waals surface area contributed by atoms with Crippen LogP contribution in [-0.2, 0) is 9.53 Å². The maximum atomic E-state index is 11.9. The number of hydrogen-bond donors (Lipinski definition) is 2. The molecule has 6 nitrogen and oxygen atoms in total. The lowest BCUT2D eigenvalue weighted by molar-refractivity contribution is -0.142. The Morgan fingerprint density at radius 3 is 2.36 bits per heavy atom. The van der Waals surface area contributed by atoms with Crippen LogP contribution in [0, 0.1) is 0 Å². The lowest BCUT2D eigenvalue weighted by Crippen LogP contribution is -2.44. The molecule has 1 aromatic rings. The van der Waals surface area contributed by atoms with Crippen LogP contribution in [-0.4, -0.2) is 42.9 Å². The van der Waals surface area contributed by atoms with Crippen molar-refractivity contribution in [1.29, 1.82) is 0 Å². The van der Waals surface area contributed by atoms with Gasteiger partial charge in [-0.25, -0.2) is 9.59 Å². The van der Waals surface area contributed by atoms with Crippen molar-refractivity contribution < 1.29 is 19.1 Å². The summed E-state index contributed by atoms with van der Waals surface area (Å²) in [7, 11) is 1.29. The Labute approximate surface area is 134 Å². The van der Waals surface area contributed by atoms with E-state index in [1.165, 1.54) is 14.0 Å². The largest absolute Gasteiger partial charge is 0.467 e. The number of ketones is 1. The Hall–Kier alpha value is -2.02. The number of methoxy groups -OCH3 is 1.